The number of thioether (sulfide) groups is 1. The Morgan fingerprint density at radius 1 is 1.40 bits per heavy atom. The Balaban J connectivity index is 1.63. The summed E-state index contributed by atoms with van der Waals surface area (Å²) in [7, 11) is 4.11. The maximum Gasteiger partial charge on any atom is 0.184 e. The van der Waals surface area contributed by atoms with Crippen LogP contribution in [0.15, 0.2) is 5.38 Å². The van der Waals surface area contributed by atoms with Crippen molar-refractivity contribution in [2.24, 2.45) is 0 Å². The third-order valence-corrected chi connectivity index (χ3v) is 4.77. The van der Waals surface area contributed by atoms with Crippen LogP contribution in [0.1, 0.15) is 10.7 Å². The normalized spacial score (nSPS) is 11.2. The number of nitrogens with two attached hydrogens (primary N) is 1. The van der Waals surface area contributed by atoms with Gasteiger partial charge in [-0.3, -0.25) is 0 Å². The van der Waals surface area contributed by atoms with Gasteiger partial charge in [0.05, 0.1) is 17.4 Å². The van der Waals surface area contributed by atoms with E-state index in [4.69, 9.17) is 5.73 Å². The summed E-state index contributed by atoms with van der Waals surface area (Å²) in [5.41, 5.74) is 6.80. The lowest BCUT2D eigenvalue weighted by Gasteiger charge is -2.05. The number of rotatable bonds is 8. The zero-order chi connectivity index (χ0) is 14.4. The molecule has 0 fully saturated rings. The van der Waals surface area contributed by atoms with Gasteiger partial charge < -0.3 is 16.0 Å². The number of hydrogen-bond acceptors (Lipinski definition) is 9. The van der Waals surface area contributed by atoms with Crippen molar-refractivity contribution >= 4 is 46.5 Å². The van der Waals surface area contributed by atoms with Crippen molar-refractivity contribution in [3.63, 3.8) is 0 Å². The minimum absolute atomic E-state index is 0.479. The van der Waals surface area contributed by atoms with Gasteiger partial charge in [-0.1, -0.05) is 0 Å². The van der Waals surface area contributed by atoms with Gasteiger partial charge in [0.25, 0.3) is 0 Å². The summed E-state index contributed by atoms with van der Waals surface area (Å²) in [5.74, 6) is 3.10. The molecule has 0 aliphatic heterocycles. The number of nitrogens with zero attached hydrogens (tertiary/aromatic N) is 4. The maximum absolute atomic E-state index is 5.64. The second-order valence-electron chi connectivity index (χ2n) is 4.45. The lowest BCUT2D eigenvalue weighted by atomic mass is 10.5. The maximum atomic E-state index is 5.64. The average molecular weight is 331 g/mol. The van der Waals surface area contributed by atoms with E-state index in [0.717, 1.165) is 42.0 Å². The molecule has 0 atom stereocenters. The van der Waals surface area contributed by atoms with Crippen molar-refractivity contribution in [3.05, 3.63) is 16.1 Å². The van der Waals surface area contributed by atoms with Gasteiger partial charge in [0, 0.05) is 30.0 Å². The Kier molecular flexibility index (Phi) is 6.02. The number of nitrogens with one attached hydrogen (secondary N) is 1. The van der Waals surface area contributed by atoms with Gasteiger partial charge in [-0.2, -0.15) is 20.5 Å². The van der Waals surface area contributed by atoms with Gasteiger partial charge in [0.1, 0.15) is 5.01 Å². The van der Waals surface area contributed by atoms with E-state index in [1.54, 1.807) is 11.3 Å². The molecule has 2 heterocycles. The first-order valence-electron chi connectivity index (χ1n) is 6.13. The van der Waals surface area contributed by atoms with E-state index < -0.39 is 0 Å². The Bertz CT molecular complexity index is 524. The van der Waals surface area contributed by atoms with Gasteiger partial charge in [-0.05, 0) is 14.1 Å². The van der Waals surface area contributed by atoms with Crippen LogP contribution in [0.25, 0.3) is 0 Å². The van der Waals surface area contributed by atoms with E-state index in [9.17, 15) is 0 Å². The molecule has 20 heavy (non-hydrogen) atoms. The molecule has 0 saturated heterocycles. The van der Waals surface area contributed by atoms with Crippen LogP contribution < -0.4 is 11.1 Å². The number of aromatic nitrogens is 3. The Morgan fingerprint density at radius 2 is 2.25 bits per heavy atom. The quantitative estimate of drug-likeness (QED) is 0.716. The van der Waals surface area contributed by atoms with E-state index in [0.29, 0.717) is 11.6 Å². The molecule has 2 rings (SSSR count). The summed E-state index contributed by atoms with van der Waals surface area (Å²) in [6.45, 7) is 1.74. The van der Waals surface area contributed by atoms with Crippen LogP contribution in [0.4, 0.5) is 11.6 Å². The molecular formula is C11H18N6S3. The monoisotopic (exact) mass is 330 g/mol. The standard InChI is InChI=1S/C11H18N6S3/c1-17(2)5-9-14-8(7-19-9)6-18-4-3-13-11-10(12)15-20-16-11/h7H,3-6H2,1-2H3,(H2,12,15)(H,13,16). The fourth-order valence-electron chi connectivity index (χ4n) is 1.49. The Morgan fingerprint density at radius 3 is 2.95 bits per heavy atom. The molecule has 0 radical (unpaired) electrons. The first kappa shape index (κ1) is 15.5. The fraction of sp³-hybridized carbons (Fsp3) is 0.545. The van der Waals surface area contributed by atoms with Crippen LogP contribution in [-0.2, 0) is 12.3 Å². The topological polar surface area (TPSA) is 80.0 Å². The largest absolute Gasteiger partial charge is 0.380 e. The van der Waals surface area contributed by atoms with Crippen LogP contribution in [-0.4, -0.2) is 45.0 Å². The molecule has 0 unspecified atom stereocenters. The first-order chi connectivity index (χ1) is 9.65. The summed E-state index contributed by atoms with van der Waals surface area (Å²) in [6.07, 6.45) is 0. The van der Waals surface area contributed by atoms with Crippen molar-refractivity contribution in [3.8, 4) is 0 Å². The smallest absolute Gasteiger partial charge is 0.184 e. The highest BCUT2D eigenvalue weighted by Crippen LogP contribution is 2.17. The van der Waals surface area contributed by atoms with E-state index in [-0.39, 0.29) is 0 Å². The molecular weight excluding hydrogens is 312 g/mol. The van der Waals surface area contributed by atoms with Crippen LogP contribution in [0, 0.1) is 0 Å². The highest BCUT2D eigenvalue weighted by atomic mass is 32.2. The molecule has 0 amide bonds. The van der Waals surface area contributed by atoms with Crippen LogP contribution >= 0.6 is 34.8 Å². The average Bonchev–Trinajstić information content (AvgIpc) is 2.98. The summed E-state index contributed by atoms with van der Waals surface area (Å²) in [4.78, 5) is 6.74. The minimum atomic E-state index is 0.479. The number of hydrogen-bond donors (Lipinski definition) is 2. The highest BCUT2D eigenvalue weighted by Gasteiger charge is 2.04. The lowest BCUT2D eigenvalue weighted by molar-refractivity contribution is 0.401. The van der Waals surface area contributed by atoms with Crippen LogP contribution in [0.3, 0.4) is 0 Å². The summed E-state index contributed by atoms with van der Waals surface area (Å²) >= 11 is 4.70. The second kappa shape index (κ2) is 7.77. The minimum Gasteiger partial charge on any atom is -0.380 e. The van der Waals surface area contributed by atoms with E-state index >= 15 is 0 Å². The van der Waals surface area contributed by atoms with E-state index in [1.807, 2.05) is 11.8 Å². The van der Waals surface area contributed by atoms with Gasteiger partial charge in [0.2, 0.25) is 0 Å². The number of nitrogen functional groups attached to an aromatic ring is 1. The first-order valence-corrected chi connectivity index (χ1v) is 8.89. The molecule has 0 spiro atoms. The van der Waals surface area contributed by atoms with Gasteiger partial charge in [-0.15, -0.1) is 11.3 Å². The van der Waals surface area contributed by atoms with Crippen LogP contribution in [0.5, 0.6) is 0 Å². The van der Waals surface area contributed by atoms with E-state index in [2.05, 4.69) is 43.4 Å². The zero-order valence-corrected chi connectivity index (χ0v) is 13.9. The summed E-state index contributed by atoms with van der Waals surface area (Å²) in [5, 5.41) is 6.49. The molecule has 9 heteroatoms. The lowest BCUT2D eigenvalue weighted by Crippen LogP contribution is -2.10. The molecule has 0 aliphatic rings. The fourth-order valence-corrected chi connectivity index (χ4v) is 3.71. The second-order valence-corrected chi connectivity index (χ2v) is 7.02. The van der Waals surface area contributed by atoms with E-state index in [1.165, 1.54) is 5.01 Å². The Hall–Kier alpha value is -0.900. The number of anilines is 2. The highest BCUT2D eigenvalue weighted by molar-refractivity contribution is 7.98. The molecule has 0 aliphatic carbocycles. The molecule has 110 valence electrons. The molecule has 2 aromatic heterocycles. The molecule has 3 N–H and O–H groups in total. The van der Waals surface area contributed by atoms with Gasteiger partial charge in [0.15, 0.2) is 11.6 Å². The van der Waals surface area contributed by atoms with Crippen molar-refractivity contribution in [2.45, 2.75) is 12.3 Å². The molecule has 0 saturated carbocycles. The predicted molar refractivity (Wildman–Crippen MR) is 88.5 cm³/mol. The van der Waals surface area contributed by atoms with Crippen molar-refractivity contribution in [2.75, 3.05) is 37.4 Å². The van der Waals surface area contributed by atoms with Gasteiger partial charge >= 0.3 is 0 Å². The number of thiazole rings is 1. The SMILES string of the molecule is CN(C)Cc1nc(CSCCNc2nsnc2N)cs1. The zero-order valence-electron chi connectivity index (χ0n) is 11.5. The molecule has 6 nitrogen and oxygen atoms in total. The van der Waals surface area contributed by atoms with Crippen LogP contribution in [0.2, 0.25) is 0 Å². The van der Waals surface area contributed by atoms with Gasteiger partial charge in [-0.25, -0.2) is 4.98 Å². The third kappa shape index (κ3) is 4.89. The molecule has 2 aromatic rings. The summed E-state index contributed by atoms with van der Waals surface area (Å²) < 4.78 is 7.99. The predicted octanol–water partition coefficient (Wildman–Crippen LogP) is 1.98. The molecule has 0 bridgehead atoms. The third-order valence-electron chi connectivity index (χ3n) is 2.35. The molecule has 0 aromatic carbocycles. The van der Waals surface area contributed by atoms with Crippen molar-refractivity contribution < 1.29 is 0 Å². The summed E-state index contributed by atoms with van der Waals surface area (Å²) in [6, 6.07) is 0. The van der Waals surface area contributed by atoms with Crippen molar-refractivity contribution in [1.29, 1.82) is 0 Å². The van der Waals surface area contributed by atoms with Crippen molar-refractivity contribution in [1.82, 2.24) is 18.6 Å². The Labute approximate surface area is 131 Å².